The summed E-state index contributed by atoms with van der Waals surface area (Å²) in [6.45, 7) is 4.23. The lowest BCUT2D eigenvalue weighted by atomic mass is 10.0. The van der Waals surface area contributed by atoms with Crippen molar-refractivity contribution in [1.82, 2.24) is 0 Å². The van der Waals surface area contributed by atoms with E-state index >= 15 is 0 Å². The molecule has 0 atom stereocenters. The summed E-state index contributed by atoms with van der Waals surface area (Å²) in [5, 5.41) is 3.50. The van der Waals surface area contributed by atoms with E-state index in [1.54, 1.807) is 0 Å². The monoisotopic (exact) mass is 337 g/mol. The highest BCUT2D eigenvalue weighted by atomic mass is 35.5. The molecule has 3 nitrogen and oxygen atoms in total. The molecule has 0 aliphatic rings. The predicted octanol–water partition coefficient (Wildman–Crippen LogP) is 5.38. The lowest BCUT2D eigenvalue weighted by Gasteiger charge is -2.12. The zero-order chi connectivity index (χ0) is 16.3. The Morgan fingerprint density at radius 3 is 2.32 bits per heavy atom. The Hall–Kier alpha value is -1.71. The molecule has 1 amide bonds. The van der Waals surface area contributed by atoms with Crippen molar-refractivity contribution in [2.45, 2.75) is 19.8 Å². The van der Waals surface area contributed by atoms with Crippen molar-refractivity contribution < 1.29 is 9.53 Å². The first-order valence-corrected chi connectivity index (χ1v) is 7.62. The van der Waals surface area contributed by atoms with Gasteiger partial charge in [0.1, 0.15) is 5.75 Å². The molecular formula is C17H17Cl2NO2. The molecule has 22 heavy (non-hydrogen) atoms. The Bertz CT molecular complexity index is 682. The molecule has 0 unspecified atom stereocenters. The van der Waals surface area contributed by atoms with Gasteiger partial charge in [-0.3, -0.25) is 4.79 Å². The number of methoxy groups -OCH3 is 1. The zero-order valence-electron chi connectivity index (χ0n) is 12.6. The van der Waals surface area contributed by atoms with Crippen molar-refractivity contribution in [3.05, 3.63) is 57.6 Å². The van der Waals surface area contributed by atoms with Gasteiger partial charge in [0.25, 0.3) is 5.91 Å². The molecule has 2 aromatic rings. The van der Waals surface area contributed by atoms with Gasteiger partial charge in [-0.2, -0.15) is 0 Å². The fourth-order valence-electron chi connectivity index (χ4n) is 2.09. The second kappa shape index (κ2) is 7.03. The molecule has 2 rings (SSSR count). The number of nitrogens with one attached hydrogen (secondary N) is 1. The number of benzene rings is 2. The SMILES string of the molecule is COc1c(Cl)cc(Cl)cc1C(=O)Nc1ccc(C(C)C)cc1. The molecular weight excluding hydrogens is 321 g/mol. The Balaban J connectivity index is 2.25. The minimum atomic E-state index is -0.321. The van der Waals surface area contributed by atoms with Gasteiger partial charge in [0.2, 0.25) is 0 Å². The number of hydrogen-bond acceptors (Lipinski definition) is 2. The van der Waals surface area contributed by atoms with E-state index < -0.39 is 0 Å². The van der Waals surface area contributed by atoms with Crippen molar-refractivity contribution in [1.29, 1.82) is 0 Å². The van der Waals surface area contributed by atoms with Crippen LogP contribution < -0.4 is 10.1 Å². The highest BCUT2D eigenvalue weighted by molar-refractivity contribution is 6.36. The molecule has 0 heterocycles. The number of amides is 1. The first-order chi connectivity index (χ1) is 10.4. The maximum atomic E-state index is 12.4. The van der Waals surface area contributed by atoms with Crippen molar-refractivity contribution >= 4 is 34.8 Å². The zero-order valence-corrected chi connectivity index (χ0v) is 14.1. The summed E-state index contributed by atoms with van der Waals surface area (Å²) in [6.07, 6.45) is 0. The van der Waals surface area contributed by atoms with Crippen molar-refractivity contribution in [3.8, 4) is 5.75 Å². The van der Waals surface area contributed by atoms with E-state index in [1.807, 2.05) is 24.3 Å². The molecule has 0 fully saturated rings. The number of anilines is 1. The van der Waals surface area contributed by atoms with E-state index in [9.17, 15) is 4.79 Å². The fraction of sp³-hybridized carbons (Fsp3) is 0.235. The lowest BCUT2D eigenvalue weighted by molar-refractivity contribution is 0.102. The third kappa shape index (κ3) is 3.73. The van der Waals surface area contributed by atoms with Crippen LogP contribution in [0.25, 0.3) is 0 Å². The highest BCUT2D eigenvalue weighted by Crippen LogP contribution is 2.32. The van der Waals surface area contributed by atoms with Gasteiger partial charge in [-0.25, -0.2) is 0 Å². The summed E-state index contributed by atoms with van der Waals surface area (Å²) < 4.78 is 5.19. The second-order valence-corrected chi connectivity index (χ2v) is 6.04. The third-order valence-electron chi connectivity index (χ3n) is 3.29. The topological polar surface area (TPSA) is 38.3 Å². The van der Waals surface area contributed by atoms with Crippen LogP contribution in [0.15, 0.2) is 36.4 Å². The highest BCUT2D eigenvalue weighted by Gasteiger charge is 2.17. The van der Waals surface area contributed by atoms with Crippen LogP contribution in [-0.2, 0) is 0 Å². The first-order valence-electron chi connectivity index (χ1n) is 6.86. The van der Waals surface area contributed by atoms with Crippen LogP contribution >= 0.6 is 23.2 Å². The van der Waals surface area contributed by atoms with Crippen LogP contribution in [0.1, 0.15) is 35.7 Å². The van der Waals surface area contributed by atoms with Gasteiger partial charge in [0.15, 0.2) is 0 Å². The molecule has 5 heteroatoms. The molecule has 2 aromatic carbocycles. The van der Waals surface area contributed by atoms with Gasteiger partial charge in [-0.05, 0) is 35.7 Å². The van der Waals surface area contributed by atoms with Crippen molar-refractivity contribution in [2.75, 3.05) is 12.4 Å². The summed E-state index contributed by atoms with van der Waals surface area (Å²) in [4.78, 5) is 12.4. The number of carbonyl (C=O) groups excluding carboxylic acids is 1. The van der Waals surface area contributed by atoms with Crippen LogP contribution in [0, 0.1) is 0 Å². The Kier molecular flexibility index (Phi) is 5.33. The molecule has 0 spiro atoms. The molecule has 0 aliphatic carbocycles. The molecule has 0 saturated heterocycles. The average molecular weight is 338 g/mol. The van der Waals surface area contributed by atoms with Crippen LogP contribution in [0.4, 0.5) is 5.69 Å². The maximum absolute atomic E-state index is 12.4. The third-order valence-corrected chi connectivity index (χ3v) is 3.79. The van der Waals surface area contributed by atoms with Gasteiger partial charge in [0, 0.05) is 10.7 Å². The summed E-state index contributed by atoms with van der Waals surface area (Å²) in [7, 11) is 1.46. The Morgan fingerprint density at radius 1 is 1.14 bits per heavy atom. The lowest BCUT2D eigenvalue weighted by Crippen LogP contribution is -2.13. The largest absolute Gasteiger partial charge is 0.494 e. The van der Waals surface area contributed by atoms with Crippen LogP contribution in [0.2, 0.25) is 10.0 Å². The van der Waals surface area contributed by atoms with E-state index in [0.29, 0.717) is 33.0 Å². The molecule has 116 valence electrons. The number of carbonyl (C=O) groups is 1. The van der Waals surface area contributed by atoms with Crippen LogP contribution in [-0.4, -0.2) is 13.0 Å². The predicted molar refractivity (Wildman–Crippen MR) is 91.5 cm³/mol. The van der Waals surface area contributed by atoms with E-state index in [2.05, 4.69) is 19.2 Å². The normalized spacial score (nSPS) is 10.6. The standard InChI is InChI=1S/C17H17Cl2NO2/c1-10(2)11-4-6-13(7-5-11)20-17(21)14-8-12(18)9-15(19)16(14)22-3/h4-10H,1-3H3,(H,20,21). The Morgan fingerprint density at radius 2 is 1.77 bits per heavy atom. The van der Waals surface area contributed by atoms with E-state index in [0.717, 1.165) is 0 Å². The van der Waals surface area contributed by atoms with E-state index in [-0.39, 0.29) is 5.91 Å². The average Bonchev–Trinajstić information content (AvgIpc) is 2.47. The minimum Gasteiger partial charge on any atom is -0.494 e. The second-order valence-electron chi connectivity index (χ2n) is 5.20. The molecule has 0 radical (unpaired) electrons. The van der Waals surface area contributed by atoms with E-state index in [1.165, 1.54) is 24.8 Å². The summed E-state index contributed by atoms with van der Waals surface area (Å²) in [5.74, 6) is 0.428. The van der Waals surface area contributed by atoms with Gasteiger partial charge < -0.3 is 10.1 Å². The Labute approximate surface area is 140 Å². The number of halogens is 2. The van der Waals surface area contributed by atoms with Gasteiger partial charge in [-0.1, -0.05) is 49.2 Å². The molecule has 0 aliphatic heterocycles. The summed E-state index contributed by atoms with van der Waals surface area (Å²) >= 11 is 12.0. The van der Waals surface area contributed by atoms with Gasteiger partial charge >= 0.3 is 0 Å². The molecule has 1 N–H and O–H groups in total. The van der Waals surface area contributed by atoms with Crippen molar-refractivity contribution in [2.24, 2.45) is 0 Å². The van der Waals surface area contributed by atoms with Gasteiger partial charge in [0.05, 0.1) is 17.7 Å². The van der Waals surface area contributed by atoms with Crippen LogP contribution in [0.3, 0.4) is 0 Å². The van der Waals surface area contributed by atoms with Crippen molar-refractivity contribution in [3.63, 3.8) is 0 Å². The smallest absolute Gasteiger partial charge is 0.259 e. The number of hydrogen-bond donors (Lipinski definition) is 1. The summed E-state index contributed by atoms with van der Waals surface area (Å²) in [6, 6.07) is 10.8. The number of rotatable bonds is 4. The maximum Gasteiger partial charge on any atom is 0.259 e. The quantitative estimate of drug-likeness (QED) is 0.813. The first kappa shape index (κ1) is 16.7. The summed E-state index contributed by atoms with van der Waals surface area (Å²) in [5.41, 5.74) is 2.21. The number of ether oxygens (including phenoxy) is 1. The molecule has 0 aromatic heterocycles. The van der Waals surface area contributed by atoms with Gasteiger partial charge in [-0.15, -0.1) is 0 Å². The van der Waals surface area contributed by atoms with Crippen LogP contribution in [0.5, 0.6) is 5.75 Å². The molecule has 0 saturated carbocycles. The minimum absolute atomic E-state index is 0.299. The van der Waals surface area contributed by atoms with E-state index in [4.69, 9.17) is 27.9 Å². The fourth-order valence-corrected chi connectivity index (χ4v) is 2.66. The molecule has 0 bridgehead atoms.